The predicted octanol–water partition coefficient (Wildman–Crippen LogP) is 5.97. The third-order valence-corrected chi connectivity index (χ3v) is 4.34. The number of benzene rings is 2. The number of aromatic nitrogens is 1. The topological polar surface area (TPSA) is 86.8 Å². The highest BCUT2D eigenvalue weighted by Crippen LogP contribution is 2.28. The summed E-state index contributed by atoms with van der Waals surface area (Å²) in [5, 5.41) is 3.27. The number of ether oxygens (including phenoxy) is 3. The Morgan fingerprint density at radius 1 is 0.857 bits per heavy atom. The second-order valence-electron chi connectivity index (χ2n) is 9.88. The molecule has 182 valence electrons. The summed E-state index contributed by atoms with van der Waals surface area (Å²) in [5.74, 6) is 6.50. The third kappa shape index (κ3) is 8.35. The third-order valence-electron chi connectivity index (χ3n) is 4.34. The highest BCUT2D eigenvalue weighted by Gasteiger charge is 2.20. The molecule has 0 aliphatic heterocycles. The van der Waals surface area contributed by atoms with Gasteiger partial charge in [-0.2, -0.15) is 0 Å². The Hall–Kier alpha value is -4.05. The fraction of sp³-hybridized carbons (Fsp3) is 0.321. The highest BCUT2D eigenvalue weighted by atomic mass is 16.7. The Bertz CT molecular complexity index is 1280. The van der Waals surface area contributed by atoms with Crippen molar-refractivity contribution in [2.45, 2.75) is 59.3 Å². The zero-order valence-electron chi connectivity index (χ0n) is 20.9. The van der Waals surface area contributed by atoms with Crippen LogP contribution in [0.5, 0.6) is 5.75 Å². The number of nitrogens with zero attached hydrogens (tertiary/aromatic N) is 1. The van der Waals surface area contributed by atoms with Gasteiger partial charge in [-0.05, 0) is 71.9 Å². The summed E-state index contributed by atoms with van der Waals surface area (Å²) in [6.45, 7) is 10.7. The molecule has 0 aliphatic carbocycles. The van der Waals surface area contributed by atoms with Gasteiger partial charge in [-0.25, -0.2) is 9.59 Å². The van der Waals surface area contributed by atoms with Crippen LogP contribution in [-0.4, -0.2) is 28.4 Å². The number of carbonyl (C=O) groups excluding carboxylic acids is 2. The van der Waals surface area contributed by atoms with E-state index in [9.17, 15) is 9.59 Å². The average molecular weight is 475 g/mol. The molecule has 7 nitrogen and oxygen atoms in total. The van der Waals surface area contributed by atoms with E-state index in [-0.39, 0.29) is 12.3 Å². The van der Waals surface area contributed by atoms with Crippen LogP contribution in [0.1, 0.15) is 58.4 Å². The number of fused-ring (bicyclic) bond motifs is 1. The molecule has 2 aromatic carbocycles. The largest absolute Gasteiger partial charge is 0.514 e. The van der Waals surface area contributed by atoms with Crippen molar-refractivity contribution in [3.63, 3.8) is 0 Å². The van der Waals surface area contributed by atoms with Gasteiger partial charge in [0.15, 0.2) is 0 Å². The molecule has 3 rings (SSSR count). The number of carbonyl (C=O) groups is 2. The van der Waals surface area contributed by atoms with E-state index < -0.39 is 23.5 Å². The van der Waals surface area contributed by atoms with E-state index in [1.165, 1.54) is 0 Å². The Morgan fingerprint density at radius 2 is 1.51 bits per heavy atom. The van der Waals surface area contributed by atoms with Crippen LogP contribution < -0.4 is 10.1 Å². The van der Waals surface area contributed by atoms with Crippen molar-refractivity contribution in [3.05, 3.63) is 71.4 Å². The molecule has 0 aliphatic rings. The quantitative estimate of drug-likeness (QED) is 0.372. The van der Waals surface area contributed by atoms with Crippen molar-refractivity contribution in [1.82, 2.24) is 10.3 Å². The summed E-state index contributed by atoms with van der Waals surface area (Å²) in [6, 6.07) is 16.7. The first-order valence-corrected chi connectivity index (χ1v) is 11.3. The van der Waals surface area contributed by atoms with Gasteiger partial charge in [0.05, 0.1) is 17.8 Å². The van der Waals surface area contributed by atoms with E-state index in [4.69, 9.17) is 14.2 Å². The lowest BCUT2D eigenvalue weighted by atomic mass is 10.1. The van der Waals surface area contributed by atoms with E-state index in [2.05, 4.69) is 22.1 Å². The van der Waals surface area contributed by atoms with Crippen molar-refractivity contribution in [2.24, 2.45) is 0 Å². The lowest BCUT2D eigenvalue weighted by Crippen LogP contribution is -2.32. The first kappa shape index (κ1) is 25.6. The molecular formula is C28H30N2O5. The van der Waals surface area contributed by atoms with E-state index in [0.29, 0.717) is 16.6 Å². The zero-order chi connectivity index (χ0) is 25.6. The predicted molar refractivity (Wildman–Crippen MR) is 134 cm³/mol. The van der Waals surface area contributed by atoms with Gasteiger partial charge >= 0.3 is 12.2 Å². The van der Waals surface area contributed by atoms with E-state index in [0.717, 1.165) is 11.1 Å². The molecule has 3 aromatic rings. The maximum atomic E-state index is 12.4. The Balaban J connectivity index is 1.93. The summed E-state index contributed by atoms with van der Waals surface area (Å²) >= 11 is 0. The second-order valence-corrected chi connectivity index (χ2v) is 9.88. The summed E-state index contributed by atoms with van der Waals surface area (Å²) in [6.07, 6.45) is -1.41. The van der Waals surface area contributed by atoms with Gasteiger partial charge in [0.1, 0.15) is 17.0 Å². The van der Waals surface area contributed by atoms with Crippen LogP contribution >= 0.6 is 0 Å². The smallest absolute Gasteiger partial charge is 0.444 e. The summed E-state index contributed by atoms with van der Waals surface area (Å²) in [5.41, 5.74) is 1.36. The van der Waals surface area contributed by atoms with Crippen LogP contribution in [0.2, 0.25) is 0 Å². The molecule has 1 aromatic heterocycles. The fourth-order valence-electron chi connectivity index (χ4n) is 3.00. The van der Waals surface area contributed by atoms with Crippen LogP contribution in [-0.2, 0) is 16.0 Å². The Labute approximate surface area is 205 Å². The molecule has 1 amide bonds. The lowest BCUT2D eigenvalue weighted by molar-refractivity contribution is 0.0208. The van der Waals surface area contributed by atoms with E-state index in [1.54, 1.807) is 53.7 Å². The van der Waals surface area contributed by atoms with Crippen molar-refractivity contribution in [3.8, 4) is 17.6 Å². The van der Waals surface area contributed by atoms with Crippen LogP contribution in [0.15, 0.2) is 54.6 Å². The lowest BCUT2D eigenvalue weighted by Gasteiger charge is -2.20. The monoisotopic (exact) mass is 474 g/mol. The Kier molecular flexibility index (Phi) is 7.65. The van der Waals surface area contributed by atoms with Gasteiger partial charge in [-0.1, -0.05) is 30.0 Å². The molecule has 0 saturated carbocycles. The molecule has 0 radical (unpaired) electrons. The van der Waals surface area contributed by atoms with E-state index >= 15 is 0 Å². The molecule has 0 saturated heterocycles. The Morgan fingerprint density at radius 3 is 2.17 bits per heavy atom. The van der Waals surface area contributed by atoms with Crippen molar-refractivity contribution in [1.29, 1.82) is 0 Å². The maximum absolute atomic E-state index is 12.4. The van der Waals surface area contributed by atoms with Crippen LogP contribution in [0, 0.1) is 11.8 Å². The van der Waals surface area contributed by atoms with Gasteiger partial charge in [0.2, 0.25) is 0 Å². The minimum atomic E-state index is -0.836. The summed E-state index contributed by atoms with van der Waals surface area (Å²) in [7, 11) is 0. The number of nitrogens with one attached hydrogen (secondary N) is 1. The first-order chi connectivity index (χ1) is 16.4. The standard InChI is InChI=1S/C28H30N2O5/c1-27(2,3)34-25(31)29-18-21-17-24(33-26(32)35-28(4,5)6)22-16-20(14-15-23(22)30-21)13-12-19-10-8-7-9-11-19/h7-11,14-17H,18H2,1-6H3,(H,29,31). The van der Waals surface area contributed by atoms with Crippen molar-refractivity contribution >= 4 is 23.2 Å². The minimum Gasteiger partial charge on any atom is -0.444 e. The van der Waals surface area contributed by atoms with Crippen LogP contribution in [0.3, 0.4) is 0 Å². The van der Waals surface area contributed by atoms with Gasteiger partial charge in [0, 0.05) is 22.6 Å². The van der Waals surface area contributed by atoms with Crippen LogP contribution in [0.25, 0.3) is 10.9 Å². The van der Waals surface area contributed by atoms with Gasteiger partial charge in [0.25, 0.3) is 0 Å². The van der Waals surface area contributed by atoms with Gasteiger partial charge in [-0.15, -0.1) is 0 Å². The molecule has 35 heavy (non-hydrogen) atoms. The minimum absolute atomic E-state index is 0.0884. The van der Waals surface area contributed by atoms with Crippen molar-refractivity contribution < 1.29 is 23.8 Å². The SMILES string of the molecule is CC(C)(C)OC(=O)NCc1cc(OC(=O)OC(C)(C)C)c2cc(C#Cc3ccccc3)ccc2n1. The number of rotatable bonds is 3. The van der Waals surface area contributed by atoms with E-state index in [1.807, 2.05) is 42.5 Å². The molecule has 1 N–H and O–H groups in total. The number of hydrogen-bond acceptors (Lipinski definition) is 6. The zero-order valence-corrected chi connectivity index (χ0v) is 20.9. The maximum Gasteiger partial charge on any atom is 0.514 e. The fourth-order valence-corrected chi connectivity index (χ4v) is 3.00. The second kappa shape index (κ2) is 10.5. The molecular weight excluding hydrogens is 444 g/mol. The molecule has 7 heteroatoms. The number of hydrogen-bond donors (Lipinski definition) is 1. The summed E-state index contributed by atoms with van der Waals surface area (Å²) < 4.78 is 16.2. The molecule has 0 bridgehead atoms. The van der Waals surface area contributed by atoms with Crippen molar-refractivity contribution in [2.75, 3.05) is 0 Å². The van der Waals surface area contributed by atoms with Gasteiger partial charge < -0.3 is 19.5 Å². The molecule has 1 heterocycles. The van der Waals surface area contributed by atoms with Gasteiger partial charge in [-0.3, -0.25) is 4.98 Å². The average Bonchev–Trinajstić information content (AvgIpc) is 2.74. The summed E-state index contributed by atoms with van der Waals surface area (Å²) in [4.78, 5) is 29.1. The first-order valence-electron chi connectivity index (χ1n) is 11.3. The molecule has 0 atom stereocenters. The normalized spacial score (nSPS) is 11.3. The van der Waals surface area contributed by atoms with Crippen LogP contribution in [0.4, 0.5) is 9.59 Å². The molecule has 0 spiro atoms. The highest BCUT2D eigenvalue weighted by molar-refractivity contribution is 5.88. The number of pyridine rings is 1. The molecule has 0 fully saturated rings. The molecule has 0 unspecified atom stereocenters. The number of alkyl carbamates (subject to hydrolysis) is 1. The number of amides is 1.